The first-order valence-electron chi connectivity index (χ1n) is 9.82. The van der Waals surface area contributed by atoms with Crippen LogP contribution in [0.1, 0.15) is 58.6 Å². The zero-order chi connectivity index (χ0) is 19.1. The van der Waals surface area contributed by atoms with Crippen LogP contribution in [0.25, 0.3) is 0 Å². The third-order valence-electron chi connectivity index (χ3n) is 6.21. The van der Waals surface area contributed by atoms with E-state index >= 15 is 0 Å². The van der Waals surface area contributed by atoms with E-state index in [2.05, 4.69) is 53.7 Å². The van der Waals surface area contributed by atoms with Crippen molar-refractivity contribution in [1.29, 1.82) is 0 Å². The van der Waals surface area contributed by atoms with Crippen molar-refractivity contribution >= 4 is 18.5 Å². The molecule has 3 rings (SSSR count). The van der Waals surface area contributed by atoms with Crippen molar-refractivity contribution in [3.63, 3.8) is 0 Å². The zero-order valence-corrected chi connectivity index (χ0v) is 17.1. The van der Waals surface area contributed by atoms with Crippen LogP contribution in [0.5, 0.6) is 0 Å². The Morgan fingerprint density at radius 1 is 1.23 bits per heavy atom. The van der Waals surface area contributed by atoms with E-state index in [-0.39, 0.29) is 24.2 Å². The van der Waals surface area contributed by atoms with Crippen molar-refractivity contribution in [1.82, 2.24) is 4.90 Å². The molecule has 0 aromatic heterocycles. The van der Waals surface area contributed by atoms with Gasteiger partial charge >= 0.3 is 7.12 Å². The van der Waals surface area contributed by atoms with Gasteiger partial charge in [0.1, 0.15) is 0 Å². The molecule has 1 aromatic carbocycles. The molecule has 142 valence electrons. The largest absolute Gasteiger partial charge is 0.495 e. The summed E-state index contributed by atoms with van der Waals surface area (Å²) in [6.07, 6.45) is 2.82. The summed E-state index contributed by atoms with van der Waals surface area (Å²) in [6, 6.07) is 6.20. The fraction of sp³-hybridized carbons (Fsp3) is 0.667. The van der Waals surface area contributed by atoms with E-state index in [0.29, 0.717) is 12.3 Å². The van der Waals surface area contributed by atoms with Crippen LogP contribution in [0, 0.1) is 12.8 Å². The first-order chi connectivity index (χ1) is 12.1. The highest BCUT2D eigenvalue weighted by atomic mass is 16.7. The lowest BCUT2D eigenvalue weighted by molar-refractivity contribution is -0.132. The molecule has 2 fully saturated rings. The minimum absolute atomic E-state index is 0.235. The van der Waals surface area contributed by atoms with Gasteiger partial charge < -0.3 is 14.2 Å². The highest BCUT2D eigenvalue weighted by molar-refractivity contribution is 6.62. The minimum Gasteiger partial charge on any atom is -0.399 e. The van der Waals surface area contributed by atoms with Gasteiger partial charge in [-0.25, -0.2) is 0 Å². The fourth-order valence-electron chi connectivity index (χ4n) is 3.78. The van der Waals surface area contributed by atoms with Crippen LogP contribution in [0.15, 0.2) is 18.2 Å². The van der Waals surface area contributed by atoms with E-state index in [9.17, 15) is 4.79 Å². The molecule has 5 heteroatoms. The summed E-state index contributed by atoms with van der Waals surface area (Å²) >= 11 is 0. The van der Waals surface area contributed by atoms with Crippen molar-refractivity contribution in [3.8, 4) is 0 Å². The van der Waals surface area contributed by atoms with E-state index in [4.69, 9.17) is 9.31 Å². The van der Waals surface area contributed by atoms with Crippen LogP contribution >= 0.6 is 0 Å². The molecule has 2 aliphatic heterocycles. The number of rotatable bonds is 3. The topological polar surface area (TPSA) is 38.8 Å². The van der Waals surface area contributed by atoms with Crippen LogP contribution in [0.3, 0.4) is 0 Å². The quantitative estimate of drug-likeness (QED) is 0.781. The molecule has 0 aliphatic carbocycles. The van der Waals surface area contributed by atoms with Crippen molar-refractivity contribution < 1.29 is 14.1 Å². The smallest absolute Gasteiger partial charge is 0.399 e. The van der Waals surface area contributed by atoms with Crippen molar-refractivity contribution in [2.24, 2.45) is 5.92 Å². The summed E-state index contributed by atoms with van der Waals surface area (Å²) in [5, 5.41) is 0. The number of hydrogen-bond donors (Lipinski definition) is 0. The Balaban J connectivity index is 1.69. The second-order valence-electron chi connectivity index (χ2n) is 9.04. The fourth-order valence-corrected chi connectivity index (χ4v) is 3.78. The first-order valence-corrected chi connectivity index (χ1v) is 9.82. The molecule has 0 spiro atoms. The zero-order valence-electron chi connectivity index (χ0n) is 17.1. The van der Waals surface area contributed by atoms with Gasteiger partial charge in [-0.2, -0.15) is 0 Å². The Hall–Kier alpha value is -1.33. The maximum Gasteiger partial charge on any atom is 0.495 e. The lowest BCUT2D eigenvalue weighted by Gasteiger charge is -2.32. The molecule has 0 bridgehead atoms. The third-order valence-corrected chi connectivity index (χ3v) is 6.21. The molecule has 4 nitrogen and oxygen atoms in total. The number of piperidine rings is 1. The number of benzene rings is 1. The summed E-state index contributed by atoms with van der Waals surface area (Å²) in [4.78, 5) is 14.6. The van der Waals surface area contributed by atoms with Gasteiger partial charge in [-0.15, -0.1) is 0 Å². The van der Waals surface area contributed by atoms with E-state index in [1.54, 1.807) is 0 Å². The third kappa shape index (κ3) is 3.84. The maximum absolute atomic E-state index is 12.6. The lowest BCUT2D eigenvalue weighted by atomic mass is 9.75. The van der Waals surface area contributed by atoms with Gasteiger partial charge in [0.2, 0.25) is 5.91 Å². The Kier molecular flexibility index (Phi) is 5.24. The molecule has 2 heterocycles. The normalized spacial score (nSPS) is 24.8. The van der Waals surface area contributed by atoms with Crippen LogP contribution in [0.4, 0.5) is 0 Å². The number of amides is 1. The minimum atomic E-state index is -0.354. The number of nitrogens with zero attached hydrogens (tertiary/aromatic N) is 1. The monoisotopic (exact) mass is 357 g/mol. The van der Waals surface area contributed by atoms with Gasteiger partial charge in [-0.3, -0.25) is 4.79 Å². The van der Waals surface area contributed by atoms with E-state index in [0.717, 1.165) is 36.1 Å². The van der Waals surface area contributed by atoms with E-state index in [1.165, 1.54) is 6.42 Å². The van der Waals surface area contributed by atoms with E-state index < -0.39 is 0 Å². The lowest BCUT2D eigenvalue weighted by Crippen LogP contribution is -2.41. The molecule has 0 radical (unpaired) electrons. The Labute approximate surface area is 158 Å². The van der Waals surface area contributed by atoms with Crippen LogP contribution in [0.2, 0.25) is 0 Å². The first kappa shape index (κ1) is 19.4. The second-order valence-corrected chi connectivity index (χ2v) is 9.04. The summed E-state index contributed by atoms with van der Waals surface area (Å²) in [5.41, 5.74) is 2.53. The molecule has 2 aliphatic rings. The van der Waals surface area contributed by atoms with Gasteiger partial charge in [0.05, 0.1) is 17.6 Å². The molecule has 0 saturated carbocycles. The standard InChI is InChI=1S/C21H32BNO3/c1-15-8-7-11-23(14-15)19(24)13-17-9-10-18(16(2)12-17)22-25-20(3,4)21(5,6)26-22/h9-10,12,15H,7-8,11,13-14H2,1-6H3. The predicted octanol–water partition coefficient (Wildman–Crippen LogP) is 3.10. The molecule has 1 amide bonds. The molecule has 2 saturated heterocycles. The van der Waals surface area contributed by atoms with Crippen LogP contribution in [-0.4, -0.2) is 42.2 Å². The molecule has 1 aromatic rings. The number of likely N-dealkylation sites (tertiary alicyclic amines) is 1. The second kappa shape index (κ2) is 7.01. The number of hydrogen-bond acceptors (Lipinski definition) is 3. The Morgan fingerprint density at radius 2 is 1.88 bits per heavy atom. The number of aryl methyl sites for hydroxylation is 1. The molecule has 1 atom stereocenters. The van der Waals surface area contributed by atoms with Gasteiger partial charge in [-0.1, -0.05) is 30.7 Å². The van der Waals surface area contributed by atoms with Crippen LogP contribution < -0.4 is 5.46 Å². The Morgan fingerprint density at radius 3 is 2.46 bits per heavy atom. The SMILES string of the molecule is Cc1cc(CC(=O)N2CCCC(C)C2)ccc1B1OC(C)(C)C(C)(C)O1. The van der Waals surface area contributed by atoms with Crippen molar-refractivity contribution in [3.05, 3.63) is 29.3 Å². The average Bonchev–Trinajstić information content (AvgIpc) is 2.75. The van der Waals surface area contributed by atoms with Gasteiger partial charge in [-0.05, 0) is 64.4 Å². The van der Waals surface area contributed by atoms with Gasteiger partial charge in [0, 0.05) is 13.1 Å². The molecular formula is C21H32BNO3. The summed E-state index contributed by atoms with van der Waals surface area (Å²) in [5.74, 6) is 0.847. The van der Waals surface area contributed by atoms with Crippen molar-refractivity contribution in [2.45, 2.75) is 72.0 Å². The molecule has 0 N–H and O–H groups in total. The van der Waals surface area contributed by atoms with Gasteiger partial charge in [0.15, 0.2) is 0 Å². The van der Waals surface area contributed by atoms with Crippen molar-refractivity contribution in [2.75, 3.05) is 13.1 Å². The summed E-state index contributed by atoms with van der Waals surface area (Å²) in [6.45, 7) is 14.3. The maximum atomic E-state index is 12.6. The molecule has 1 unspecified atom stereocenters. The highest BCUT2D eigenvalue weighted by Gasteiger charge is 2.52. The molecular weight excluding hydrogens is 325 g/mol. The average molecular weight is 357 g/mol. The highest BCUT2D eigenvalue weighted by Crippen LogP contribution is 2.36. The van der Waals surface area contributed by atoms with Crippen LogP contribution in [-0.2, 0) is 20.5 Å². The summed E-state index contributed by atoms with van der Waals surface area (Å²) in [7, 11) is -0.354. The summed E-state index contributed by atoms with van der Waals surface area (Å²) < 4.78 is 12.3. The van der Waals surface area contributed by atoms with E-state index in [1.807, 2.05) is 11.0 Å². The number of carbonyl (C=O) groups is 1. The van der Waals surface area contributed by atoms with Gasteiger partial charge in [0.25, 0.3) is 0 Å². The predicted molar refractivity (Wildman–Crippen MR) is 106 cm³/mol. The molecule has 26 heavy (non-hydrogen) atoms. The number of carbonyl (C=O) groups excluding carboxylic acids is 1. The Bertz CT molecular complexity index is 670.